The Morgan fingerprint density at radius 2 is 1.94 bits per heavy atom. The Labute approximate surface area is 192 Å². The van der Waals surface area contributed by atoms with Gasteiger partial charge in [0.2, 0.25) is 5.95 Å². The van der Waals surface area contributed by atoms with Gasteiger partial charge in [0, 0.05) is 13.1 Å². The summed E-state index contributed by atoms with van der Waals surface area (Å²) in [6.07, 6.45) is 3.44. The van der Waals surface area contributed by atoms with E-state index in [0.717, 1.165) is 11.3 Å². The minimum atomic E-state index is 0.374. The highest BCUT2D eigenvalue weighted by Gasteiger charge is 2.23. The molecule has 0 amide bonds. The molecular formula is C25H25N5O3. The van der Waals surface area contributed by atoms with Gasteiger partial charge in [0.25, 0.3) is 0 Å². The number of anilines is 1. The maximum absolute atomic E-state index is 10.0. The van der Waals surface area contributed by atoms with Crippen LogP contribution in [0, 0.1) is 11.3 Å². The lowest BCUT2D eigenvalue weighted by Gasteiger charge is -2.28. The number of methoxy groups -OCH3 is 1. The van der Waals surface area contributed by atoms with E-state index in [1.54, 1.807) is 19.3 Å². The van der Waals surface area contributed by atoms with Crippen LogP contribution in [0.1, 0.15) is 11.4 Å². The van der Waals surface area contributed by atoms with Crippen molar-refractivity contribution in [2.45, 2.75) is 0 Å². The monoisotopic (exact) mass is 443 g/mol. The van der Waals surface area contributed by atoms with Crippen LogP contribution in [0.25, 0.3) is 17.3 Å². The van der Waals surface area contributed by atoms with E-state index in [9.17, 15) is 5.26 Å². The van der Waals surface area contributed by atoms with Gasteiger partial charge in [-0.15, -0.1) is 10.2 Å². The van der Waals surface area contributed by atoms with E-state index in [-0.39, 0.29) is 0 Å². The first-order valence-electron chi connectivity index (χ1n) is 10.6. The zero-order valence-corrected chi connectivity index (χ0v) is 18.5. The summed E-state index contributed by atoms with van der Waals surface area (Å²) in [5, 5.41) is 18.9. The number of benzene rings is 2. The predicted molar refractivity (Wildman–Crippen MR) is 127 cm³/mol. The van der Waals surface area contributed by atoms with Crippen molar-refractivity contribution in [3.63, 3.8) is 0 Å². The summed E-state index contributed by atoms with van der Waals surface area (Å²) < 4.78 is 18.5. The largest absolute Gasteiger partial charge is 0.493 e. The third kappa shape index (κ3) is 4.89. The van der Waals surface area contributed by atoms with Crippen molar-refractivity contribution in [3.05, 3.63) is 72.6 Å². The van der Waals surface area contributed by atoms with Crippen LogP contribution in [-0.2, 0) is 4.74 Å². The van der Waals surface area contributed by atoms with E-state index in [1.165, 1.54) is 0 Å². The lowest BCUT2D eigenvalue weighted by Crippen LogP contribution is -2.38. The molecule has 2 heterocycles. The Morgan fingerprint density at radius 1 is 1.15 bits per heavy atom. The van der Waals surface area contributed by atoms with Gasteiger partial charge in [0.05, 0.1) is 31.6 Å². The van der Waals surface area contributed by atoms with Crippen LogP contribution in [0.5, 0.6) is 11.5 Å². The van der Waals surface area contributed by atoms with Gasteiger partial charge in [-0.05, 0) is 35.9 Å². The first kappa shape index (κ1) is 22.1. The van der Waals surface area contributed by atoms with Crippen LogP contribution in [0.2, 0.25) is 0 Å². The fourth-order valence-corrected chi connectivity index (χ4v) is 3.59. The Bertz CT molecular complexity index is 1170. The van der Waals surface area contributed by atoms with Gasteiger partial charge in [-0.1, -0.05) is 36.9 Å². The normalized spacial score (nSPS) is 13.9. The molecule has 0 aliphatic carbocycles. The van der Waals surface area contributed by atoms with Crippen molar-refractivity contribution in [2.24, 2.45) is 0 Å². The molecule has 2 aromatic carbocycles. The molecule has 0 unspecified atom stereocenters. The standard InChI is InChI=1S/C25H25N5O3/c1-3-13-33-22-10-9-19(17-23(22)31-2)16-20(18-26)24-27-28-25(29-11-14-32-15-12-29)30(24)21-7-5-4-6-8-21/h3-10,16-17H,1,11-15H2,2H3. The summed E-state index contributed by atoms with van der Waals surface area (Å²) >= 11 is 0. The molecule has 8 heteroatoms. The molecule has 1 aromatic heterocycles. The van der Waals surface area contributed by atoms with Crippen LogP contribution in [0.15, 0.2) is 61.2 Å². The van der Waals surface area contributed by atoms with Crippen LogP contribution >= 0.6 is 0 Å². The van der Waals surface area contributed by atoms with Crippen molar-refractivity contribution in [2.75, 3.05) is 44.9 Å². The summed E-state index contributed by atoms with van der Waals surface area (Å²) in [6, 6.07) is 17.6. The third-order valence-corrected chi connectivity index (χ3v) is 5.17. The number of ether oxygens (including phenoxy) is 3. The van der Waals surface area contributed by atoms with Crippen molar-refractivity contribution < 1.29 is 14.2 Å². The van der Waals surface area contributed by atoms with E-state index in [2.05, 4.69) is 27.7 Å². The highest BCUT2D eigenvalue weighted by molar-refractivity contribution is 5.88. The lowest BCUT2D eigenvalue weighted by atomic mass is 10.1. The van der Waals surface area contributed by atoms with Gasteiger partial charge < -0.3 is 19.1 Å². The molecule has 0 N–H and O–H groups in total. The summed E-state index contributed by atoms with van der Waals surface area (Å²) in [5.74, 6) is 2.33. The van der Waals surface area contributed by atoms with Crippen LogP contribution in [-0.4, -0.2) is 54.8 Å². The summed E-state index contributed by atoms with van der Waals surface area (Å²) in [5.41, 5.74) is 2.04. The van der Waals surface area contributed by atoms with Crippen molar-refractivity contribution >= 4 is 17.6 Å². The molecule has 0 spiro atoms. The average Bonchev–Trinajstić information content (AvgIpc) is 3.32. The summed E-state index contributed by atoms with van der Waals surface area (Å²) in [6.45, 7) is 6.70. The van der Waals surface area contributed by atoms with Crippen molar-refractivity contribution in [1.82, 2.24) is 14.8 Å². The molecular weight excluding hydrogens is 418 g/mol. The van der Waals surface area contributed by atoms with Gasteiger partial charge in [-0.3, -0.25) is 4.57 Å². The van der Waals surface area contributed by atoms with E-state index >= 15 is 0 Å². The molecule has 1 fully saturated rings. The molecule has 0 radical (unpaired) electrons. The minimum absolute atomic E-state index is 0.374. The average molecular weight is 444 g/mol. The van der Waals surface area contributed by atoms with E-state index < -0.39 is 0 Å². The number of hydrogen-bond acceptors (Lipinski definition) is 7. The Hall–Kier alpha value is -4.09. The fraction of sp³-hybridized carbons (Fsp3) is 0.240. The van der Waals surface area contributed by atoms with E-state index in [0.29, 0.717) is 61.8 Å². The number of morpholine rings is 1. The van der Waals surface area contributed by atoms with Crippen molar-refractivity contribution in [1.29, 1.82) is 5.26 Å². The SMILES string of the molecule is C=CCOc1ccc(C=C(C#N)c2nnc(N3CCOCC3)n2-c2ccccc2)cc1OC. The first-order chi connectivity index (χ1) is 16.2. The molecule has 0 saturated carbocycles. The van der Waals surface area contributed by atoms with Gasteiger partial charge >= 0.3 is 0 Å². The van der Waals surface area contributed by atoms with Gasteiger partial charge in [0.15, 0.2) is 17.3 Å². The van der Waals surface area contributed by atoms with Crippen LogP contribution in [0.4, 0.5) is 5.95 Å². The number of hydrogen-bond donors (Lipinski definition) is 0. The number of allylic oxidation sites excluding steroid dienone is 1. The second-order valence-corrected chi connectivity index (χ2v) is 7.27. The van der Waals surface area contributed by atoms with Gasteiger partial charge in [0.1, 0.15) is 12.7 Å². The predicted octanol–water partition coefficient (Wildman–Crippen LogP) is 3.74. The zero-order valence-electron chi connectivity index (χ0n) is 18.5. The van der Waals surface area contributed by atoms with E-state index in [1.807, 2.05) is 53.1 Å². The molecule has 1 saturated heterocycles. The van der Waals surface area contributed by atoms with Gasteiger partial charge in [-0.2, -0.15) is 5.26 Å². The second-order valence-electron chi connectivity index (χ2n) is 7.27. The minimum Gasteiger partial charge on any atom is -0.493 e. The topological polar surface area (TPSA) is 85.4 Å². The number of nitrogens with zero attached hydrogens (tertiary/aromatic N) is 5. The smallest absolute Gasteiger partial charge is 0.232 e. The van der Waals surface area contributed by atoms with Gasteiger partial charge in [-0.25, -0.2) is 0 Å². The third-order valence-electron chi connectivity index (χ3n) is 5.17. The highest BCUT2D eigenvalue weighted by atomic mass is 16.5. The first-order valence-corrected chi connectivity index (χ1v) is 10.6. The molecule has 8 nitrogen and oxygen atoms in total. The molecule has 1 aliphatic heterocycles. The summed E-state index contributed by atoms with van der Waals surface area (Å²) in [4.78, 5) is 2.12. The molecule has 4 rings (SSSR count). The Morgan fingerprint density at radius 3 is 2.64 bits per heavy atom. The van der Waals surface area contributed by atoms with E-state index in [4.69, 9.17) is 14.2 Å². The lowest BCUT2D eigenvalue weighted by molar-refractivity contribution is 0.122. The fourth-order valence-electron chi connectivity index (χ4n) is 3.59. The van der Waals surface area contributed by atoms with Crippen LogP contribution < -0.4 is 14.4 Å². The number of aromatic nitrogens is 3. The Balaban J connectivity index is 1.77. The molecule has 168 valence electrons. The highest BCUT2D eigenvalue weighted by Crippen LogP contribution is 2.31. The molecule has 0 atom stereocenters. The Kier molecular flexibility index (Phi) is 7.03. The second kappa shape index (κ2) is 10.5. The maximum Gasteiger partial charge on any atom is 0.232 e. The quantitative estimate of drug-likeness (QED) is 0.387. The number of nitriles is 1. The summed E-state index contributed by atoms with van der Waals surface area (Å²) in [7, 11) is 1.58. The number of para-hydroxylation sites is 1. The molecule has 1 aliphatic rings. The number of rotatable bonds is 8. The zero-order chi connectivity index (χ0) is 23.0. The molecule has 0 bridgehead atoms. The molecule has 3 aromatic rings. The van der Waals surface area contributed by atoms with Crippen LogP contribution in [0.3, 0.4) is 0 Å². The molecule has 33 heavy (non-hydrogen) atoms. The maximum atomic E-state index is 10.0. The van der Waals surface area contributed by atoms with Crippen molar-refractivity contribution in [3.8, 4) is 23.3 Å².